The highest BCUT2D eigenvalue weighted by atomic mass is 16.6. The molecule has 1 saturated carbocycles. The van der Waals surface area contributed by atoms with E-state index in [1.807, 2.05) is 6.92 Å². The second kappa shape index (κ2) is 7.90. The van der Waals surface area contributed by atoms with Crippen molar-refractivity contribution in [3.63, 3.8) is 0 Å². The van der Waals surface area contributed by atoms with Crippen LogP contribution >= 0.6 is 0 Å². The highest BCUT2D eigenvalue weighted by Crippen LogP contribution is 2.65. The molecule has 0 aromatic heterocycles. The molecule has 1 heterocycles. The summed E-state index contributed by atoms with van der Waals surface area (Å²) in [5.41, 5.74) is -1.72. The second-order valence-corrected chi connectivity index (χ2v) is 9.74. The molecule has 4 rings (SSSR count). The summed E-state index contributed by atoms with van der Waals surface area (Å²) in [7, 11) is 0. The number of rotatable bonds is 6. The van der Waals surface area contributed by atoms with Gasteiger partial charge in [-0.2, -0.15) is 0 Å². The zero-order valence-corrected chi connectivity index (χ0v) is 19.6. The number of ketones is 1. The van der Waals surface area contributed by atoms with Crippen LogP contribution in [-0.4, -0.2) is 71.1 Å². The maximum Gasteiger partial charge on any atom is 0.407 e. The number of imide groups is 1. The molecule has 182 valence electrons. The third kappa shape index (κ3) is 3.56. The monoisotopic (exact) mass is 472 g/mol. The predicted octanol–water partition coefficient (Wildman–Crippen LogP) is 0.946. The van der Waals surface area contributed by atoms with E-state index in [4.69, 9.17) is 9.47 Å². The number of aliphatic hydroxyl groups is 1. The van der Waals surface area contributed by atoms with Crippen molar-refractivity contribution < 1.29 is 38.6 Å². The van der Waals surface area contributed by atoms with Crippen LogP contribution in [0.25, 0.3) is 0 Å². The molecule has 3 atom stereocenters. The molecule has 34 heavy (non-hydrogen) atoms. The molecule has 0 radical (unpaired) electrons. The van der Waals surface area contributed by atoms with Gasteiger partial charge in [-0.15, -0.1) is 0 Å². The van der Waals surface area contributed by atoms with Gasteiger partial charge in [0.25, 0.3) is 11.8 Å². The Balaban J connectivity index is 1.57. The number of carbonyl (C=O) groups excluding carboxylic acids is 5. The van der Waals surface area contributed by atoms with Crippen LogP contribution in [-0.2, 0) is 28.7 Å². The number of alkyl carbamates (subject to hydrolysis) is 1. The Labute approximate surface area is 196 Å². The van der Waals surface area contributed by atoms with Crippen molar-refractivity contribution in [2.45, 2.75) is 52.2 Å². The van der Waals surface area contributed by atoms with E-state index >= 15 is 0 Å². The van der Waals surface area contributed by atoms with Crippen molar-refractivity contribution in [1.29, 1.82) is 0 Å². The number of nitrogens with one attached hydrogen (secondary N) is 1. The van der Waals surface area contributed by atoms with Crippen LogP contribution in [0.1, 0.15) is 40.5 Å². The summed E-state index contributed by atoms with van der Waals surface area (Å²) >= 11 is 0. The summed E-state index contributed by atoms with van der Waals surface area (Å²) in [5, 5.41) is 13.6. The normalized spacial score (nSPS) is 31.1. The Morgan fingerprint density at radius 2 is 1.79 bits per heavy atom. The first kappa shape index (κ1) is 23.9. The molecule has 10 heteroatoms. The molecule has 1 aliphatic heterocycles. The second-order valence-electron chi connectivity index (χ2n) is 9.74. The molecule has 3 aliphatic carbocycles. The molecule has 0 unspecified atom stereocenters. The lowest BCUT2D eigenvalue weighted by molar-refractivity contribution is -0.145. The van der Waals surface area contributed by atoms with E-state index in [0.29, 0.717) is 18.4 Å². The van der Waals surface area contributed by atoms with Gasteiger partial charge in [0.2, 0.25) is 0 Å². The molecule has 2 N–H and O–H groups in total. The first-order chi connectivity index (χ1) is 15.8. The van der Waals surface area contributed by atoms with Crippen molar-refractivity contribution >= 4 is 29.7 Å². The Bertz CT molecular complexity index is 1080. The summed E-state index contributed by atoms with van der Waals surface area (Å²) in [5.74, 6) is -1.87. The molecular formula is C24H28N2O8. The van der Waals surface area contributed by atoms with E-state index in [9.17, 15) is 29.1 Å². The number of ether oxygens (including phenoxy) is 2. The van der Waals surface area contributed by atoms with Crippen molar-refractivity contribution in [3.8, 4) is 0 Å². The van der Waals surface area contributed by atoms with Crippen LogP contribution in [0.2, 0.25) is 0 Å². The van der Waals surface area contributed by atoms with Crippen LogP contribution in [0.5, 0.6) is 0 Å². The van der Waals surface area contributed by atoms with Crippen LogP contribution in [0.3, 0.4) is 0 Å². The number of fused-ring (bicyclic) bond motifs is 1. The van der Waals surface area contributed by atoms with E-state index in [-0.39, 0.29) is 25.3 Å². The molecule has 0 aromatic rings. The number of amides is 3. The largest absolute Gasteiger partial charge is 0.465 e. The average Bonchev–Trinajstić information content (AvgIpc) is 3.46. The predicted molar refractivity (Wildman–Crippen MR) is 117 cm³/mol. The molecule has 10 nitrogen and oxygen atoms in total. The molecule has 0 bridgehead atoms. The number of hydrogen-bond acceptors (Lipinski definition) is 8. The van der Waals surface area contributed by atoms with Gasteiger partial charge in [0.05, 0.1) is 5.41 Å². The maximum atomic E-state index is 13.3. The number of esters is 1. The average molecular weight is 472 g/mol. The fraction of sp³-hybridized carbons (Fsp3) is 0.542. The first-order valence-electron chi connectivity index (χ1n) is 11.2. The Morgan fingerprint density at radius 3 is 2.35 bits per heavy atom. The molecule has 0 aromatic carbocycles. The Kier molecular flexibility index (Phi) is 5.55. The van der Waals surface area contributed by atoms with Gasteiger partial charge in [-0.05, 0) is 33.6 Å². The van der Waals surface area contributed by atoms with Crippen LogP contribution in [0, 0.1) is 10.8 Å². The van der Waals surface area contributed by atoms with E-state index in [2.05, 4.69) is 5.32 Å². The summed E-state index contributed by atoms with van der Waals surface area (Å²) in [6.07, 6.45) is 3.47. The van der Waals surface area contributed by atoms with E-state index < -0.39 is 52.2 Å². The van der Waals surface area contributed by atoms with Crippen LogP contribution < -0.4 is 5.32 Å². The lowest BCUT2D eigenvalue weighted by Crippen LogP contribution is -2.50. The summed E-state index contributed by atoms with van der Waals surface area (Å²) in [6, 6.07) is 0. The quantitative estimate of drug-likeness (QED) is 0.430. The number of carbonyl (C=O) groups is 5. The van der Waals surface area contributed by atoms with Gasteiger partial charge in [0, 0.05) is 48.7 Å². The molecule has 3 amide bonds. The molecule has 1 spiro atoms. The van der Waals surface area contributed by atoms with Crippen molar-refractivity contribution in [1.82, 2.24) is 10.2 Å². The van der Waals surface area contributed by atoms with Crippen LogP contribution in [0.15, 0.2) is 34.9 Å². The Hall–Kier alpha value is -3.27. The Morgan fingerprint density at radius 1 is 1.18 bits per heavy atom. The van der Waals surface area contributed by atoms with Crippen molar-refractivity contribution in [3.05, 3.63) is 34.9 Å². The third-order valence-electron chi connectivity index (χ3n) is 7.43. The van der Waals surface area contributed by atoms with Gasteiger partial charge < -0.3 is 19.9 Å². The smallest absolute Gasteiger partial charge is 0.407 e. The molecule has 0 saturated heterocycles. The van der Waals surface area contributed by atoms with Crippen molar-refractivity contribution in [2.75, 3.05) is 19.7 Å². The molecular weight excluding hydrogens is 444 g/mol. The van der Waals surface area contributed by atoms with E-state index in [0.717, 1.165) is 22.6 Å². The van der Waals surface area contributed by atoms with Gasteiger partial charge >= 0.3 is 12.1 Å². The van der Waals surface area contributed by atoms with E-state index in [1.54, 1.807) is 13.0 Å². The minimum Gasteiger partial charge on any atom is -0.465 e. The van der Waals surface area contributed by atoms with Gasteiger partial charge in [-0.3, -0.25) is 24.1 Å². The van der Waals surface area contributed by atoms with E-state index in [1.165, 1.54) is 13.8 Å². The fourth-order valence-corrected chi connectivity index (χ4v) is 5.27. The highest BCUT2D eigenvalue weighted by molar-refractivity contribution is 6.13. The maximum absolute atomic E-state index is 13.3. The molecule has 1 fully saturated rings. The van der Waals surface area contributed by atoms with Gasteiger partial charge in [0.1, 0.15) is 18.3 Å². The number of Topliss-reactive ketones (excluding diaryl/α,β-unsaturated/α-hetero) is 1. The van der Waals surface area contributed by atoms with Gasteiger partial charge in [0.15, 0.2) is 5.78 Å². The first-order valence-corrected chi connectivity index (χ1v) is 11.2. The summed E-state index contributed by atoms with van der Waals surface area (Å²) in [6.45, 7) is 6.15. The third-order valence-corrected chi connectivity index (χ3v) is 7.43. The minimum absolute atomic E-state index is 0.0230. The zero-order valence-electron chi connectivity index (χ0n) is 19.6. The zero-order chi connectivity index (χ0) is 25.1. The SMILES string of the molecule is CC(=O)OC[C@]1(C)C=C2C(=O)[C@](C)(O)C3(CC3)C(C)=C2[C@H]1OC(=O)NCCN1C(=O)C=CC1=O. The summed E-state index contributed by atoms with van der Waals surface area (Å²) in [4.78, 5) is 61.8. The van der Waals surface area contributed by atoms with Gasteiger partial charge in [-0.25, -0.2) is 4.79 Å². The van der Waals surface area contributed by atoms with Crippen molar-refractivity contribution in [2.24, 2.45) is 10.8 Å². The lowest BCUT2D eigenvalue weighted by Gasteiger charge is -2.40. The number of nitrogens with zero attached hydrogens (tertiary/aromatic N) is 1. The minimum atomic E-state index is -1.57. The fourth-order valence-electron chi connectivity index (χ4n) is 5.27. The standard InChI is InChI=1S/C24H28N2O8/c1-13-18-15(19(30)23(4,32)24(13)7-8-24)11-22(3,12-33-14(2)27)20(18)34-21(31)25-9-10-26-16(28)5-6-17(26)29/h5-6,11,20,32H,7-10,12H2,1-4H3,(H,25,31)/t20-,22+,23+/m1/s1. The topological polar surface area (TPSA) is 139 Å². The van der Waals surface area contributed by atoms with Gasteiger partial charge in [-0.1, -0.05) is 11.6 Å². The lowest BCUT2D eigenvalue weighted by atomic mass is 9.67. The van der Waals surface area contributed by atoms with Crippen LogP contribution in [0.4, 0.5) is 4.79 Å². The summed E-state index contributed by atoms with van der Waals surface area (Å²) < 4.78 is 11.0. The molecule has 4 aliphatic rings. The highest BCUT2D eigenvalue weighted by Gasteiger charge is 2.67. The number of hydrogen-bond donors (Lipinski definition) is 2.